The minimum Gasteiger partial charge on any atom is -0.465 e. The summed E-state index contributed by atoms with van der Waals surface area (Å²) in [4.78, 5) is 14.9. The first-order valence-electron chi connectivity index (χ1n) is 8.73. The second kappa shape index (κ2) is 9.42. The molecule has 0 aliphatic heterocycles. The first-order valence-corrected chi connectivity index (χ1v) is 8.73. The standard InChI is InChI=1S/C17H34N2O2/c1-5-19(6-2)14-13-18-17(4,16(20)21-7-3)15-11-9-8-10-12-15/h15,18H,5-14H2,1-4H3. The quantitative estimate of drug-likeness (QED) is 0.665. The molecule has 0 bridgehead atoms. The molecule has 0 aromatic rings. The molecule has 1 unspecified atom stereocenters. The number of ether oxygens (including phenoxy) is 1. The number of rotatable bonds is 9. The fraction of sp³-hybridized carbons (Fsp3) is 0.941. The van der Waals surface area contributed by atoms with Crippen LogP contribution >= 0.6 is 0 Å². The van der Waals surface area contributed by atoms with Gasteiger partial charge >= 0.3 is 5.97 Å². The number of likely N-dealkylation sites (N-methyl/N-ethyl adjacent to an activating group) is 1. The van der Waals surface area contributed by atoms with Crippen LogP contribution in [0.4, 0.5) is 0 Å². The molecule has 0 saturated heterocycles. The third-order valence-electron chi connectivity index (χ3n) is 4.94. The van der Waals surface area contributed by atoms with Crippen LogP contribution in [0.3, 0.4) is 0 Å². The molecule has 0 heterocycles. The Hall–Kier alpha value is -0.610. The Balaban J connectivity index is 2.64. The number of hydrogen-bond donors (Lipinski definition) is 1. The van der Waals surface area contributed by atoms with Gasteiger partial charge in [0.05, 0.1) is 6.61 Å². The van der Waals surface area contributed by atoms with Crippen molar-refractivity contribution in [1.29, 1.82) is 0 Å². The minimum atomic E-state index is -0.524. The first kappa shape index (κ1) is 18.4. The SMILES string of the molecule is CCOC(=O)C(C)(NCCN(CC)CC)C1CCCCC1. The molecular weight excluding hydrogens is 264 g/mol. The molecule has 0 spiro atoms. The van der Waals surface area contributed by atoms with E-state index in [0.717, 1.165) is 39.0 Å². The van der Waals surface area contributed by atoms with Crippen molar-refractivity contribution in [2.75, 3.05) is 32.8 Å². The second-order valence-corrected chi connectivity index (χ2v) is 6.21. The van der Waals surface area contributed by atoms with Crippen LogP contribution in [0.1, 0.15) is 59.8 Å². The molecular formula is C17H34N2O2. The van der Waals surface area contributed by atoms with Crippen LogP contribution in [0.25, 0.3) is 0 Å². The minimum absolute atomic E-state index is 0.0727. The topological polar surface area (TPSA) is 41.6 Å². The third-order valence-corrected chi connectivity index (χ3v) is 4.94. The lowest BCUT2D eigenvalue weighted by molar-refractivity contribution is -0.153. The molecule has 1 atom stereocenters. The van der Waals surface area contributed by atoms with Gasteiger partial charge in [-0.05, 0) is 45.7 Å². The number of nitrogens with zero attached hydrogens (tertiary/aromatic N) is 1. The van der Waals surface area contributed by atoms with Crippen LogP contribution in [-0.4, -0.2) is 49.2 Å². The van der Waals surface area contributed by atoms with Gasteiger partial charge in [-0.15, -0.1) is 0 Å². The fourth-order valence-corrected chi connectivity index (χ4v) is 3.36. The monoisotopic (exact) mass is 298 g/mol. The van der Waals surface area contributed by atoms with Gasteiger partial charge in [0.25, 0.3) is 0 Å². The van der Waals surface area contributed by atoms with Gasteiger partial charge in [-0.25, -0.2) is 0 Å². The summed E-state index contributed by atoms with van der Waals surface area (Å²) in [7, 11) is 0. The average Bonchev–Trinajstić information content (AvgIpc) is 2.52. The summed E-state index contributed by atoms with van der Waals surface area (Å²) in [5.74, 6) is 0.332. The highest BCUT2D eigenvalue weighted by molar-refractivity contribution is 5.80. The summed E-state index contributed by atoms with van der Waals surface area (Å²) >= 11 is 0. The van der Waals surface area contributed by atoms with Crippen LogP contribution in [0.15, 0.2) is 0 Å². The van der Waals surface area contributed by atoms with Crippen molar-refractivity contribution in [2.45, 2.75) is 65.3 Å². The summed E-state index contributed by atoms with van der Waals surface area (Å²) in [6.07, 6.45) is 6.03. The van der Waals surface area contributed by atoms with Crippen molar-refractivity contribution in [3.05, 3.63) is 0 Å². The van der Waals surface area contributed by atoms with Gasteiger partial charge in [0.15, 0.2) is 0 Å². The lowest BCUT2D eigenvalue weighted by Crippen LogP contribution is -2.57. The zero-order chi connectivity index (χ0) is 15.7. The molecule has 1 aliphatic rings. The van der Waals surface area contributed by atoms with Gasteiger partial charge in [0, 0.05) is 13.1 Å². The number of hydrogen-bond acceptors (Lipinski definition) is 4. The van der Waals surface area contributed by atoms with E-state index in [1.807, 2.05) is 13.8 Å². The summed E-state index contributed by atoms with van der Waals surface area (Å²) in [5.41, 5.74) is -0.524. The summed E-state index contributed by atoms with van der Waals surface area (Å²) in [5, 5.41) is 3.53. The molecule has 4 nitrogen and oxygen atoms in total. The highest BCUT2D eigenvalue weighted by Crippen LogP contribution is 2.33. The molecule has 1 rings (SSSR count). The largest absolute Gasteiger partial charge is 0.465 e. The maximum Gasteiger partial charge on any atom is 0.326 e. The van der Waals surface area contributed by atoms with E-state index < -0.39 is 5.54 Å². The van der Waals surface area contributed by atoms with Gasteiger partial charge in [-0.3, -0.25) is 4.79 Å². The lowest BCUT2D eigenvalue weighted by atomic mass is 9.75. The van der Waals surface area contributed by atoms with Crippen molar-refractivity contribution < 1.29 is 9.53 Å². The third kappa shape index (κ3) is 5.26. The van der Waals surface area contributed by atoms with E-state index in [-0.39, 0.29) is 5.97 Å². The Labute approximate surface area is 130 Å². The summed E-state index contributed by atoms with van der Waals surface area (Å²) in [6.45, 7) is 12.7. The van der Waals surface area contributed by atoms with Crippen molar-refractivity contribution in [1.82, 2.24) is 10.2 Å². The number of carbonyl (C=O) groups is 1. The van der Waals surface area contributed by atoms with Gasteiger partial charge in [0.2, 0.25) is 0 Å². The Kier molecular flexibility index (Phi) is 8.27. The first-order chi connectivity index (χ1) is 10.1. The Morgan fingerprint density at radius 1 is 1.19 bits per heavy atom. The smallest absolute Gasteiger partial charge is 0.326 e. The Morgan fingerprint density at radius 2 is 1.81 bits per heavy atom. The predicted octanol–water partition coefficient (Wildman–Crippen LogP) is 2.82. The normalized spacial score (nSPS) is 19.5. The molecule has 4 heteroatoms. The van der Waals surface area contributed by atoms with Gasteiger partial charge in [-0.1, -0.05) is 33.1 Å². The van der Waals surface area contributed by atoms with Crippen LogP contribution in [0, 0.1) is 5.92 Å². The molecule has 1 fully saturated rings. The highest BCUT2D eigenvalue weighted by atomic mass is 16.5. The van der Waals surface area contributed by atoms with Crippen LogP contribution in [0.5, 0.6) is 0 Å². The van der Waals surface area contributed by atoms with E-state index >= 15 is 0 Å². The van der Waals surface area contributed by atoms with Gasteiger partial charge in [-0.2, -0.15) is 0 Å². The summed E-state index contributed by atoms with van der Waals surface area (Å²) < 4.78 is 5.36. The molecule has 21 heavy (non-hydrogen) atoms. The molecule has 0 radical (unpaired) electrons. The Morgan fingerprint density at radius 3 is 2.33 bits per heavy atom. The number of esters is 1. The fourth-order valence-electron chi connectivity index (χ4n) is 3.36. The molecule has 1 saturated carbocycles. The average molecular weight is 298 g/mol. The predicted molar refractivity (Wildman–Crippen MR) is 87.4 cm³/mol. The highest BCUT2D eigenvalue weighted by Gasteiger charge is 2.42. The maximum absolute atomic E-state index is 12.5. The molecule has 124 valence electrons. The zero-order valence-electron chi connectivity index (χ0n) is 14.4. The lowest BCUT2D eigenvalue weighted by Gasteiger charge is -2.39. The molecule has 1 N–H and O–H groups in total. The van der Waals surface area contributed by atoms with E-state index in [4.69, 9.17) is 4.74 Å². The van der Waals surface area contributed by atoms with Crippen molar-refractivity contribution in [2.24, 2.45) is 5.92 Å². The van der Waals surface area contributed by atoms with Crippen molar-refractivity contribution in [3.63, 3.8) is 0 Å². The van der Waals surface area contributed by atoms with Gasteiger partial charge < -0.3 is 15.0 Å². The number of carbonyl (C=O) groups excluding carboxylic acids is 1. The Bertz CT molecular complexity index is 299. The van der Waals surface area contributed by atoms with Crippen LogP contribution in [-0.2, 0) is 9.53 Å². The number of nitrogens with one attached hydrogen (secondary N) is 1. The molecule has 1 aliphatic carbocycles. The van der Waals surface area contributed by atoms with Gasteiger partial charge in [0.1, 0.15) is 5.54 Å². The van der Waals surface area contributed by atoms with E-state index in [9.17, 15) is 4.79 Å². The van der Waals surface area contributed by atoms with E-state index in [2.05, 4.69) is 24.1 Å². The van der Waals surface area contributed by atoms with Crippen molar-refractivity contribution in [3.8, 4) is 0 Å². The second-order valence-electron chi connectivity index (χ2n) is 6.21. The maximum atomic E-state index is 12.5. The molecule has 0 amide bonds. The van der Waals surface area contributed by atoms with Crippen LogP contribution < -0.4 is 5.32 Å². The van der Waals surface area contributed by atoms with Crippen molar-refractivity contribution >= 4 is 5.97 Å². The molecule has 0 aromatic heterocycles. The molecule has 0 aromatic carbocycles. The van der Waals surface area contributed by atoms with E-state index in [0.29, 0.717) is 12.5 Å². The van der Waals surface area contributed by atoms with E-state index in [1.54, 1.807) is 0 Å². The van der Waals surface area contributed by atoms with E-state index in [1.165, 1.54) is 19.3 Å². The van der Waals surface area contributed by atoms with Crippen LogP contribution in [0.2, 0.25) is 0 Å². The summed E-state index contributed by atoms with van der Waals surface area (Å²) in [6, 6.07) is 0. The zero-order valence-corrected chi connectivity index (χ0v) is 14.4.